The van der Waals surface area contributed by atoms with E-state index >= 15 is 4.39 Å². The van der Waals surface area contributed by atoms with Crippen molar-refractivity contribution in [3.63, 3.8) is 0 Å². The van der Waals surface area contributed by atoms with Crippen molar-refractivity contribution in [2.24, 2.45) is 0 Å². The van der Waals surface area contributed by atoms with Crippen molar-refractivity contribution in [1.82, 2.24) is 19.9 Å². The zero-order chi connectivity index (χ0) is 28.7. The van der Waals surface area contributed by atoms with Crippen LogP contribution in [0.3, 0.4) is 0 Å². The van der Waals surface area contributed by atoms with Gasteiger partial charge in [0.15, 0.2) is 11.6 Å². The molecule has 0 unspecified atom stereocenters. The maximum Gasteiger partial charge on any atom is 0.319 e. The molecule has 4 aromatic rings. The number of hydrogen-bond acceptors (Lipinski definition) is 10. The number of halogens is 3. The van der Waals surface area contributed by atoms with Crippen LogP contribution in [0.1, 0.15) is 42.4 Å². The summed E-state index contributed by atoms with van der Waals surface area (Å²) in [6, 6.07) is 2.05. The summed E-state index contributed by atoms with van der Waals surface area (Å²) in [6.07, 6.45) is 3.27. The number of anilines is 2. The first-order valence-corrected chi connectivity index (χ1v) is 14.9. The van der Waals surface area contributed by atoms with Crippen LogP contribution in [0.25, 0.3) is 32.2 Å². The zero-order valence-corrected chi connectivity index (χ0v) is 23.4. The third-order valence-electron chi connectivity index (χ3n) is 9.19. The molecule has 1 aromatic carbocycles. The third kappa shape index (κ3) is 3.64. The highest BCUT2D eigenvalue weighted by Gasteiger charge is 2.49. The number of thiophene rings is 1. The van der Waals surface area contributed by atoms with Crippen LogP contribution in [0.5, 0.6) is 6.01 Å². The Balaban J connectivity index is 1.33. The summed E-state index contributed by atoms with van der Waals surface area (Å²) in [4.78, 5) is 17.8. The summed E-state index contributed by atoms with van der Waals surface area (Å²) >= 11 is 0.930. The first-order valence-electron chi connectivity index (χ1n) is 14.0. The number of nitriles is 1. The van der Waals surface area contributed by atoms with Gasteiger partial charge in [-0.15, -0.1) is 11.3 Å². The van der Waals surface area contributed by atoms with E-state index in [0.29, 0.717) is 29.7 Å². The fraction of sp³-hybridized carbons (Fsp3) is 0.448. The van der Waals surface area contributed by atoms with E-state index in [1.54, 1.807) is 0 Å². The molecule has 9 nitrogen and oxygen atoms in total. The summed E-state index contributed by atoms with van der Waals surface area (Å²) < 4.78 is 58.2. The summed E-state index contributed by atoms with van der Waals surface area (Å²) in [7, 11) is 0. The van der Waals surface area contributed by atoms with E-state index in [9.17, 15) is 14.0 Å². The van der Waals surface area contributed by atoms with Crippen LogP contribution in [0.15, 0.2) is 6.20 Å². The van der Waals surface area contributed by atoms with Crippen molar-refractivity contribution in [2.45, 2.75) is 50.6 Å². The van der Waals surface area contributed by atoms with E-state index in [2.05, 4.69) is 19.8 Å². The largest absolute Gasteiger partial charge is 0.461 e. The van der Waals surface area contributed by atoms with Crippen molar-refractivity contribution in [1.29, 1.82) is 5.26 Å². The second kappa shape index (κ2) is 9.39. The van der Waals surface area contributed by atoms with Gasteiger partial charge in [0.2, 0.25) is 0 Å². The first-order chi connectivity index (χ1) is 20.4. The van der Waals surface area contributed by atoms with Gasteiger partial charge in [0, 0.05) is 37.0 Å². The molecular weight excluding hydrogens is 567 g/mol. The van der Waals surface area contributed by atoms with Gasteiger partial charge < -0.3 is 20.1 Å². The molecule has 0 saturated carbocycles. The van der Waals surface area contributed by atoms with E-state index in [1.165, 1.54) is 0 Å². The van der Waals surface area contributed by atoms with Crippen LogP contribution in [0.4, 0.5) is 24.0 Å². The normalized spacial score (nSPS) is 23.4. The lowest BCUT2D eigenvalue weighted by Gasteiger charge is -2.34. The average molecular weight is 594 g/mol. The minimum atomic E-state index is -0.907. The molecule has 42 heavy (non-hydrogen) atoms. The second-order valence-electron chi connectivity index (χ2n) is 11.5. The average Bonchev–Trinajstić information content (AvgIpc) is 3.70. The Kier molecular flexibility index (Phi) is 5.80. The minimum Gasteiger partial charge on any atom is -0.461 e. The van der Waals surface area contributed by atoms with Crippen LogP contribution >= 0.6 is 11.3 Å². The number of ether oxygens (including phenoxy) is 2. The van der Waals surface area contributed by atoms with E-state index < -0.39 is 23.3 Å². The monoisotopic (exact) mass is 593 g/mol. The highest BCUT2D eigenvalue weighted by Crippen LogP contribution is 2.47. The van der Waals surface area contributed by atoms with Crippen molar-refractivity contribution >= 4 is 43.1 Å². The van der Waals surface area contributed by atoms with Crippen molar-refractivity contribution < 1.29 is 22.6 Å². The van der Waals surface area contributed by atoms with Crippen LogP contribution in [-0.4, -0.2) is 64.3 Å². The number of rotatable bonds is 5. The van der Waals surface area contributed by atoms with Crippen LogP contribution in [-0.2, 0) is 18.0 Å². The maximum atomic E-state index is 16.9. The standard InChI is InChI=1S/C29H26F3N7O2S/c30-14-7-29(3-1-6-39(29)10-14)13-41-28-36-24-21(27(37-28)38-4-2-5-38)17-12-40-11-16(17)19(22(24)32)23-20-15(8-33)26(34)42-25(20)18(31)9-35-23/h9,14H,1-7,10-13,34H2/t14-,29+/m1/s1. The molecule has 3 saturated heterocycles. The van der Waals surface area contributed by atoms with Gasteiger partial charge in [-0.25, -0.2) is 13.2 Å². The number of pyridine rings is 1. The Morgan fingerprint density at radius 2 is 2.00 bits per heavy atom. The predicted molar refractivity (Wildman–Crippen MR) is 151 cm³/mol. The molecule has 8 rings (SSSR count). The van der Waals surface area contributed by atoms with Gasteiger partial charge in [-0.05, 0) is 36.9 Å². The SMILES string of the molecule is N#Cc1c(N)sc2c(F)cnc(-c3c4c(c5c(N6CCC6)nc(OC[C@@]67CCCN6C[C@H](F)C7)nc5c3F)COC4)c12. The molecule has 0 spiro atoms. The Hall–Kier alpha value is -3.73. The predicted octanol–water partition coefficient (Wildman–Crippen LogP) is 4.83. The molecule has 3 aromatic heterocycles. The summed E-state index contributed by atoms with van der Waals surface area (Å²) in [6.45, 7) is 3.25. The highest BCUT2D eigenvalue weighted by atomic mass is 32.1. The molecule has 0 amide bonds. The summed E-state index contributed by atoms with van der Waals surface area (Å²) in [5.74, 6) is -0.747. The van der Waals surface area contributed by atoms with E-state index in [4.69, 9.17) is 20.2 Å². The van der Waals surface area contributed by atoms with Gasteiger partial charge in [-0.1, -0.05) is 0 Å². The quantitative estimate of drug-likeness (QED) is 0.348. The molecule has 0 bridgehead atoms. The molecular formula is C29H26F3N7O2S. The second-order valence-corrected chi connectivity index (χ2v) is 12.6. The zero-order valence-electron chi connectivity index (χ0n) is 22.6. The number of hydrogen-bond donors (Lipinski definition) is 1. The van der Waals surface area contributed by atoms with Crippen molar-refractivity contribution in [3.05, 3.63) is 34.5 Å². The van der Waals surface area contributed by atoms with Gasteiger partial charge in [-0.3, -0.25) is 9.88 Å². The van der Waals surface area contributed by atoms with Gasteiger partial charge >= 0.3 is 6.01 Å². The van der Waals surface area contributed by atoms with E-state index in [1.807, 2.05) is 6.07 Å². The third-order valence-corrected chi connectivity index (χ3v) is 10.2. The molecule has 216 valence electrons. The first kappa shape index (κ1) is 25.9. The Morgan fingerprint density at radius 3 is 2.79 bits per heavy atom. The smallest absolute Gasteiger partial charge is 0.319 e. The fourth-order valence-electron chi connectivity index (χ4n) is 7.10. The Morgan fingerprint density at radius 1 is 1.17 bits per heavy atom. The summed E-state index contributed by atoms with van der Waals surface area (Å²) in [5.41, 5.74) is 7.25. The molecule has 7 heterocycles. The minimum absolute atomic E-state index is 0.0198. The van der Waals surface area contributed by atoms with Crippen molar-refractivity contribution in [2.75, 3.05) is 43.4 Å². The molecule has 2 atom stereocenters. The molecule has 0 aliphatic carbocycles. The lowest BCUT2D eigenvalue weighted by molar-refractivity contribution is 0.107. The molecule has 4 aliphatic heterocycles. The molecule has 13 heteroatoms. The number of benzene rings is 1. The molecule has 4 aliphatic rings. The number of fused-ring (bicyclic) bond motifs is 5. The fourth-order valence-corrected chi connectivity index (χ4v) is 8.02. The Bertz CT molecular complexity index is 1840. The van der Waals surface area contributed by atoms with E-state index in [0.717, 1.165) is 62.0 Å². The summed E-state index contributed by atoms with van der Waals surface area (Å²) in [5, 5.41) is 10.7. The van der Waals surface area contributed by atoms with Crippen molar-refractivity contribution in [3.8, 4) is 23.3 Å². The lowest BCUT2D eigenvalue weighted by atomic mass is 9.93. The topological polar surface area (TPSA) is 113 Å². The maximum absolute atomic E-state index is 16.9. The number of nitrogens with zero attached hydrogens (tertiary/aromatic N) is 6. The van der Waals surface area contributed by atoms with Gasteiger partial charge in [0.05, 0.1) is 46.3 Å². The van der Waals surface area contributed by atoms with Crippen LogP contribution in [0, 0.1) is 23.0 Å². The molecule has 2 N–H and O–H groups in total. The van der Waals surface area contributed by atoms with Crippen LogP contribution in [0.2, 0.25) is 0 Å². The Labute approximate surface area is 242 Å². The van der Waals surface area contributed by atoms with Gasteiger partial charge in [0.25, 0.3) is 0 Å². The lowest BCUT2D eigenvalue weighted by Crippen LogP contribution is -2.43. The molecule has 3 fully saturated rings. The highest BCUT2D eigenvalue weighted by molar-refractivity contribution is 7.23. The molecule has 0 radical (unpaired) electrons. The van der Waals surface area contributed by atoms with E-state index in [-0.39, 0.29) is 63.3 Å². The number of nitrogens with two attached hydrogens (primary N) is 1. The number of nitrogen functional groups attached to an aromatic ring is 1. The van der Waals surface area contributed by atoms with Gasteiger partial charge in [0.1, 0.15) is 35.2 Å². The number of aromatic nitrogens is 3. The van der Waals surface area contributed by atoms with Crippen LogP contribution < -0.4 is 15.4 Å². The van der Waals surface area contributed by atoms with Gasteiger partial charge in [-0.2, -0.15) is 15.2 Å². The number of alkyl halides is 1.